The van der Waals surface area contributed by atoms with Gasteiger partial charge in [0.05, 0.1) is 24.6 Å². The number of amides is 2. The van der Waals surface area contributed by atoms with E-state index >= 15 is 0 Å². The van der Waals surface area contributed by atoms with Gasteiger partial charge in [0.15, 0.2) is 0 Å². The molecule has 0 radical (unpaired) electrons. The van der Waals surface area contributed by atoms with Gasteiger partial charge in [0, 0.05) is 22.8 Å². The lowest BCUT2D eigenvalue weighted by Gasteiger charge is -2.32. The van der Waals surface area contributed by atoms with E-state index in [0.717, 1.165) is 5.70 Å². The molecule has 1 fully saturated rings. The van der Waals surface area contributed by atoms with Gasteiger partial charge < -0.3 is 15.5 Å². The van der Waals surface area contributed by atoms with Crippen LogP contribution in [0.3, 0.4) is 0 Å². The normalized spacial score (nSPS) is 26.4. The van der Waals surface area contributed by atoms with Crippen LogP contribution in [-0.2, 0) is 9.59 Å². The molecule has 2 amide bonds. The first-order valence-electron chi connectivity index (χ1n) is 9.64. The highest BCUT2D eigenvalue weighted by molar-refractivity contribution is 6.30. The molecule has 1 aromatic rings. The highest BCUT2D eigenvalue weighted by Crippen LogP contribution is 2.35. The van der Waals surface area contributed by atoms with Crippen molar-refractivity contribution in [2.24, 2.45) is 5.41 Å². The zero-order valence-electron chi connectivity index (χ0n) is 16.3. The van der Waals surface area contributed by atoms with E-state index in [4.69, 9.17) is 16.9 Å². The van der Waals surface area contributed by atoms with Gasteiger partial charge in [0.1, 0.15) is 12.2 Å². The van der Waals surface area contributed by atoms with E-state index in [0.29, 0.717) is 30.0 Å². The molecular formula is C21H24ClFN4O2. The Morgan fingerprint density at radius 3 is 2.90 bits per heavy atom. The number of anilines is 1. The Labute approximate surface area is 174 Å². The molecule has 8 heteroatoms. The summed E-state index contributed by atoms with van der Waals surface area (Å²) >= 11 is 5.96. The number of halogens is 2. The molecule has 2 N–H and O–H groups in total. The maximum absolute atomic E-state index is 13.5. The zero-order valence-corrected chi connectivity index (χ0v) is 17.0. The smallest absolute Gasteiger partial charge is 0.243 e. The largest absolute Gasteiger partial charge is 0.380 e. The second-order valence-electron chi connectivity index (χ2n) is 7.84. The molecule has 3 rings (SSSR count). The molecule has 1 saturated heterocycles. The van der Waals surface area contributed by atoms with Crippen molar-refractivity contribution in [2.75, 3.05) is 18.4 Å². The molecule has 0 saturated carbocycles. The number of nitrogens with one attached hydrogen (secondary N) is 2. The SMILES string of the molecule is CC1(C(=O)Nc2cccc(Cl)c2)CC=C(NCC(=O)N2C[C@@H](F)C[C@H]2C#N)CC1. The van der Waals surface area contributed by atoms with Gasteiger partial charge in [-0.1, -0.05) is 30.7 Å². The average Bonchev–Trinajstić information content (AvgIpc) is 3.08. The molecule has 0 bridgehead atoms. The number of hydrogen-bond acceptors (Lipinski definition) is 4. The number of nitriles is 1. The molecule has 1 aromatic carbocycles. The van der Waals surface area contributed by atoms with Crippen molar-refractivity contribution >= 4 is 29.1 Å². The molecule has 154 valence electrons. The fourth-order valence-electron chi connectivity index (χ4n) is 3.65. The Kier molecular flexibility index (Phi) is 6.43. The molecule has 29 heavy (non-hydrogen) atoms. The van der Waals surface area contributed by atoms with Crippen LogP contribution in [0.25, 0.3) is 0 Å². The lowest BCUT2D eigenvalue weighted by atomic mass is 9.77. The van der Waals surface area contributed by atoms with Crippen LogP contribution in [0.15, 0.2) is 36.0 Å². The van der Waals surface area contributed by atoms with E-state index in [1.165, 1.54) is 4.90 Å². The predicted molar refractivity (Wildman–Crippen MR) is 109 cm³/mol. The van der Waals surface area contributed by atoms with Crippen LogP contribution in [-0.4, -0.2) is 42.0 Å². The first kappa shape index (κ1) is 21.1. The van der Waals surface area contributed by atoms with E-state index in [-0.39, 0.29) is 31.3 Å². The van der Waals surface area contributed by atoms with Crippen molar-refractivity contribution in [3.8, 4) is 6.07 Å². The van der Waals surface area contributed by atoms with Crippen LogP contribution in [0, 0.1) is 16.7 Å². The number of alkyl halides is 1. The van der Waals surface area contributed by atoms with Gasteiger partial charge in [-0.25, -0.2) is 4.39 Å². The number of nitrogens with zero attached hydrogens (tertiary/aromatic N) is 2. The number of benzene rings is 1. The Morgan fingerprint density at radius 1 is 1.45 bits per heavy atom. The highest BCUT2D eigenvalue weighted by Gasteiger charge is 2.36. The fraction of sp³-hybridized carbons (Fsp3) is 0.476. The minimum absolute atomic E-state index is 0.0160. The van der Waals surface area contributed by atoms with Gasteiger partial charge in [0.25, 0.3) is 0 Å². The van der Waals surface area contributed by atoms with Crippen LogP contribution in [0.4, 0.5) is 10.1 Å². The van der Waals surface area contributed by atoms with Crippen LogP contribution in [0.5, 0.6) is 0 Å². The van der Waals surface area contributed by atoms with Gasteiger partial charge in [-0.05, 0) is 37.5 Å². The monoisotopic (exact) mass is 418 g/mol. The summed E-state index contributed by atoms with van der Waals surface area (Å²) in [4.78, 5) is 26.3. The Bertz CT molecular complexity index is 868. The van der Waals surface area contributed by atoms with Crippen LogP contribution >= 0.6 is 11.6 Å². The molecule has 0 aromatic heterocycles. The van der Waals surface area contributed by atoms with Crippen molar-refractivity contribution in [3.63, 3.8) is 0 Å². The molecule has 1 heterocycles. The third kappa shape index (κ3) is 5.07. The summed E-state index contributed by atoms with van der Waals surface area (Å²) in [7, 11) is 0. The van der Waals surface area contributed by atoms with E-state index in [2.05, 4.69) is 10.6 Å². The van der Waals surface area contributed by atoms with E-state index in [1.54, 1.807) is 24.3 Å². The average molecular weight is 419 g/mol. The molecule has 1 aliphatic carbocycles. The standard InChI is InChI=1S/C21H24ClFN4O2/c1-21(20(29)26-17-4-2-3-14(22)9-17)7-5-16(6-8-21)25-12-19(28)27-13-15(23)10-18(27)11-24/h2-5,9,15,18,25H,6-8,10,12-13H2,1H3,(H,26,29)/t15-,18-,21?/m0/s1. The Balaban J connectivity index is 1.52. The second kappa shape index (κ2) is 8.83. The maximum Gasteiger partial charge on any atom is 0.243 e. The van der Waals surface area contributed by atoms with Crippen molar-refractivity contribution in [1.82, 2.24) is 10.2 Å². The summed E-state index contributed by atoms with van der Waals surface area (Å²) in [6, 6.07) is 8.30. The molecule has 1 aliphatic heterocycles. The van der Waals surface area contributed by atoms with Crippen molar-refractivity contribution < 1.29 is 14.0 Å². The van der Waals surface area contributed by atoms with E-state index in [1.807, 2.05) is 19.1 Å². The topological polar surface area (TPSA) is 85.2 Å². The molecule has 6 nitrogen and oxygen atoms in total. The van der Waals surface area contributed by atoms with Crippen LogP contribution in [0.1, 0.15) is 32.6 Å². The van der Waals surface area contributed by atoms with Gasteiger partial charge in [0.2, 0.25) is 11.8 Å². The van der Waals surface area contributed by atoms with Gasteiger partial charge >= 0.3 is 0 Å². The molecule has 1 unspecified atom stereocenters. The van der Waals surface area contributed by atoms with Gasteiger partial charge in [-0.2, -0.15) is 5.26 Å². The number of rotatable bonds is 5. The third-order valence-electron chi connectivity index (χ3n) is 5.56. The minimum atomic E-state index is -1.14. The number of hydrogen-bond donors (Lipinski definition) is 2. The number of likely N-dealkylation sites (tertiary alicyclic amines) is 1. The minimum Gasteiger partial charge on any atom is -0.380 e. The number of carbonyl (C=O) groups is 2. The molecule has 0 spiro atoms. The molecular weight excluding hydrogens is 395 g/mol. The zero-order chi connectivity index (χ0) is 21.0. The second-order valence-corrected chi connectivity index (χ2v) is 8.27. The first-order chi connectivity index (χ1) is 13.8. The fourth-order valence-corrected chi connectivity index (χ4v) is 3.84. The third-order valence-corrected chi connectivity index (χ3v) is 5.80. The Hall–Kier alpha value is -2.59. The molecule has 3 atom stereocenters. The van der Waals surface area contributed by atoms with Crippen LogP contribution in [0.2, 0.25) is 5.02 Å². The molecule has 2 aliphatic rings. The van der Waals surface area contributed by atoms with Crippen molar-refractivity contribution in [2.45, 2.75) is 44.8 Å². The van der Waals surface area contributed by atoms with Crippen molar-refractivity contribution in [3.05, 3.63) is 41.1 Å². The predicted octanol–water partition coefficient (Wildman–Crippen LogP) is 3.40. The van der Waals surface area contributed by atoms with E-state index in [9.17, 15) is 14.0 Å². The quantitative estimate of drug-likeness (QED) is 0.767. The van der Waals surface area contributed by atoms with Gasteiger partial charge in [-0.3, -0.25) is 9.59 Å². The maximum atomic E-state index is 13.5. The Morgan fingerprint density at radius 2 is 2.24 bits per heavy atom. The van der Waals surface area contributed by atoms with E-state index < -0.39 is 17.6 Å². The summed E-state index contributed by atoms with van der Waals surface area (Å²) in [6.45, 7) is 1.90. The van der Waals surface area contributed by atoms with Crippen molar-refractivity contribution in [1.29, 1.82) is 5.26 Å². The summed E-state index contributed by atoms with van der Waals surface area (Å²) < 4.78 is 13.5. The summed E-state index contributed by atoms with van der Waals surface area (Å²) in [5.74, 6) is -0.362. The summed E-state index contributed by atoms with van der Waals surface area (Å²) in [6.07, 6.45) is 2.65. The first-order valence-corrected chi connectivity index (χ1v) is 10.0. The number of allylic oxidation sites excluding steroid dienone is 2. The highest BCUT2D eigenvalue weighted by atomic mass is 35.5. The lowest BCUT2D eigenvalue weighted by Crippen LogP contribution is -2.41. The van der Waals surface area contributed by atoms with Gasteiger partial charge in [-0.15, -0.1) is 0 Å². The lowest BCUT2D eigenvalue weighted by molar-refractivity contribution is -0.130. The number of carbonyl (C=O) groups excluding carboxylic acids is 2. The summed E-state index contributed by atoms with van der Waals surface area (Å²) in [5, 5.41) is 15.6. The van der Waals surface area contributed by atoms with Crippen LogP contribution < -0.4 is 10.6 Å². The summed E-state index contributed by atoms with van der Waals surface area (Å²) in [5.41, 5.74) is 0.988.